The molecule has 2 fully saturated rings. The number of nitrogens with one attached hydrogen (secondary N) is 1. The summed E-state index contributed by atoms with van der Waals surface area (Å²) in [6.07, 6.45) is 2.96. The van der Waals surface area contributed by atoms with Crippen LogP contribution in [0, 0.1) is 11.8 Å². The Labute approximate surface area is 166 Å². The predicted octanol–water partition coefficient (Wildman–Crippen LogP) is 3.74. The molecule has 2 amide bonds. The van der Waals surface area contributed by atoms with Gasteiger partial charge in [0.2, 0.25) is 5.91 Å². The molecule has 28 heavy (non-hydrogen) atoms. The van der Waals surface area contributed by atoms with Crippen LogP contribution in [0.1, 0.15) is 62.0 Å². The first-order valence-corrected chi connectivity index (χ1v) is 10.4. The number of benzene rings is 1. The monoisotopic (exact) mass is 379 g/mol. The summed E-state index contributed by atoms with van der Waals surface area (Å²) in [7, 11) is 0. The van der Waals surface area contributed by atoms with Crippen LogP contribution in [0.5, 0.6) is 0 Å². The molecular weight excluding hydrogens is 350 g/mol. The maximum absolute atomic E-state index is 13.2. The fraction of sp³-hybridized carbons (Fsp3) is 0.522. The molecule has 148 valence electrons. The van der Waals surface area contributed by atoms with E-state index < -0.39 is 0 Å². The van der Waals surface area contributed by atoms with Crippen molar-refractivity contribution >= 4 is 22.7 Å². The molecule has 2 atom stereocenters. The minimum Gasteiger partial charge on any atom is -0.347 e. The Morgan fingerprint density at radius 1 is 1.18 bits per heavy atom. The Morgan fingerprint density at radius 2 is 1.93 bits per heavy atom. The van der Waals surface area contributed by atoms with Gasteiger partial charge < -0.3 is 10.2 Å². The van der Waals surface area contributed by atoms with Crippen molar-refractivity contribution in [1.82, 2.24) is 15.2 Å². The van der Waals surface area contributed by atoms with Crippen molar-refractivity contribution in [1.29, 1.82) is 0 Å². The van der Waals surface area contributed by atoms with E-state index in [1.54, 1.807) is 0 Å². The van der Waals surface area contributed by atoms with Crippen LogP contribution in [-0.2, 0) is 4.79 Å². The van der Waals surface area contributed by atoms with E-state index in [1.807, 2.05) is 35.2 Å². The van der Waals surface area contributed by atoms with Gasteiger partial charge in [0.05, 0.1) is 11.1 Å². The first-order valence-electron chi connectivity index (χ1n) is 10.4. The van der Waals surface area contributed by atoms with Crippen molar-refractivity contribution in [2.24, 2.45) is 11.8 Å². The van der Waals surface area contributed by atoms with Gasteiger partial charge in [-0.3, -0.25) is 14.6 Å². The van der Waals surface area contributed by atoms with E-state index in [4.69, 9.17) is 4.98 Å². The predicted molar refractivity (Wildman–Crippen MR) is 110 cm³/mol. The third-order valence-electron chi connectivity index (χ3n) is 6.09. The Balaban J connectivity index is 1.58. The maximum Gasteiger partial charge on any atom is 0.252 e. The lowest BCUT2D eigenvalue weighted by Gasteiger charge is -2.37. The zero-order chi connectivity index (χ0) is 19.8. The standard InChI is InChI=1S/C23H29N3O2/c1-14(2)20-12-18(17-6-4-5-7-19(17)24-20)22(27)25-21-13-26(11-10-15(21)3)23(28)16-8-9-16/h4-7,12,14-16,21H,8-11,13H2,1-3H3,(H,25,27). The zero-order valence-electron chi connectivity index (χ0n) is 16.9. The van der Waals surface area contributed by atoms with Crippen LogP contribution in [0.25, 0.3) is 10.9 Å². The fourth-order valence-electron chi connectivity index (χ4n) is 3.97. The minimum absolute atomic E-state index is 0.0154. The number of amides is 2. The molecule has 0 spiro atoms. The van der Waals surface area contributed by atoms with Gasteiger partial charge in [-0.25, -0.2) is 0 Å². The second-order valence-corrected chi connectivity index (χ2v) is 8.67. The number of rotatable bonds is 4. The van der Waals surface area contributed by atoms with E-state index in [9.17, 15) is 9.59 Å². The average molecular weight is 380 g/mol. The molecule has 1 N–H and O–H groups in total. The molecule has 1 aromatic heterocycles. The molecule has 2 aromatic rings. The lowest BCUT2D eigenvalue weighted by atomic mass is 9.92. The molecule has 0 radical (unpaired) electrons. The van der Waals surface area contributed by atoms with E-state index in [0.717, 1.165) is 42.4 Å². The highest BCUT2D eigenvalue weighted by atomic mass is 16.2. The lowest BCUT2D eigenvalue weighted by molar-refractivity contribution is -0.134. The van der Waals surface area contributed by atoms with Crippen LogP contribution < -0.4 is 5.32 Å². The number of aromatic nitrogens is 1. The number of pyridine rings is 1. The molecule has 1 aliphatic heterocycles. The van der Waals surface area contributed by atoms with Gasteiger partial charge in [-0.2, -0.15) is 0 Å². The van der Waals surface area contributed by atoms with Gasteiger partial charge in [-0.15, -0.1) is 0 Å². The molecule has 0 bridgehead atoms. The molecule has 1 saturated heterocycles. The summed E-state index contributed by atoms with van der Waals surface area (Å²) in [5.41, 5.74) is 2.44. The summed E-state index contributed by atoms with van der Waals surface area (Å²) in [5.74, 6) is 1.02. The number of carbonyl (C=O) groups excluding carboxylic acids is 2. The van der Waals surface area contributed by atoms with Gasteiger partial charge in [0.25, 0.3) is 5.91 Å². The van der Waals surface area contributed by atoms with E-state index in [-0.39, 0.29) is 29.7 Å². The highest BCUT2D eigenvalue weighted by molar-refractivity contribution is 6.06. The zero-order valence-corrected chi connectivity index (χ0v) is 16.9. The number of fused-ring (bicyclic) bond motifs is 1. The Bertz CT molecular complexity index is 904. The largest absolute Gasteiger partial charge is 0.347 e. The number of piperidine rings is 1. The smallest absolute Gasteiger partial charge is 0.252 e. The molecule has 2 aliphatic rings. The molecule has 1 aliphatic carbocycles. The second kappa shape index (κ2) is 7.53. The Morgan fingerprint density at radius 3 is 2.64 bits per heavy atom. The molecule has 5 nitrogen and oxygen atoms in total. The number of hydrogen-bond donors (Lipinski definition) is 1. The minimum atomic E-state index is -0.0712. The van der Waals surface area contributed by atoms with Gasteiger partial charge in [0.1, 0.15) is 0 Å². The maximum atomic E-state index is 13.2. The molecule has 1 saturated carbocycles. The van der Waals surface area contributed by atoms with Crippen LogP contribution in [0.3, 0.4) is 0 Å². The summed E-state index contributed by atoms with van der Waals surface area (Å²) in [5, 5.41) is 4.10. The average Bonchev–Trinajstić information content (AvgIpc) is 3.53. The number of likely N-dealkylation sites (tertiary alicyclic amines) is 1. The summed E-state index contributed by atoms with van der Waals surface area (Å²) >= 11 is 0. The van der Waals surface area contributed by atoms with Crippen LogP contribution in [0.4, 0.5) is 0 Å². The van der Waals surface area contributed by atoms with Crippen LogP contribution in [0.15, 0.2) is 30.3 Å². The summed E-state index contributed by atoms with van der Waals surface area (Å²) in [4.78, 5) is 32.4. The van der Waals surface area contributed by atoms with Crippen molar-refractivity contribution in [2.45, 2.75) is 52.0 Å². The van der Waals surface area contributed by atoms with E-state index in [0.29, 0.717) is 18.0 Å². The number of para-hydroxylation sites is 1. The number of nitrogens with zero attached hydrogens (tertiary/aromatic N) is 2. The summed E-state index contributed by atoms with van der Waals surface area (Å²) in [6, 6.07) is 9.70. The molecule has 1 aromatic carbocycles. The highest BCUT2D eigenvalue weighted by Crippen LogP contribution is 2.32. The van der Waals surface area contributed by atoms with Gasteiger partial charge in [0.15, 0.2) is 0 Å². The number of hydrogen-bond acceptors (Lipinski definition) is 3. The third kappa shape index (κ3) is 3.75. The SMILES string of the molecule is CC(C)c1cc(C(=O)NC2CN(C(=O)C3CC3)CCC2C)c2ccccc2n1. The van der Waals surface area contributed by atoms with Gasteiger partial charge in [0, 0.05) is 36.1 Å². The van der Waals surface area contributed by atoms with Crippen molar-refractivity contribution in [2.75, 3.05) is 13.1 Å². The molecule has 2 heterocycles. The first kappa shape index (κ1) is 18.9. The van der Waals surface area contributed by atoms with Crippen molar-refractivity contribution < 1.29 is 9.59 Å². The third-order valence-corrected chi connectivity index (χ3v) is 6.09. The summed E-state index contributed by atoms with van der Waals surface area (Å²) < 4.78 is 0. The Hall–Kier alpha value is -2.43. The molecule has 2 unspecified atom stereocenters. The van der Waals surface area contributed by atoms with E-state index in [2.05, 4.69) is 26.1 Å². The molecular formula is C23H29N3O2. The van der Waals surface area contributed by atoms with Crippen LogP contribution in [-0.4, -0.2) is 40.8 Å². The van der Waals surface area contributed by atoms with Crippen molar-refractivity contribution in [3.63, 3.8) is 0 Å². The lowest BCUT2D eigenvalue weighted by Crippen LogP contribution is -2.53. The first-order chi connectivity index (χ1) is 13.4. The fourth-order valence-corrected chi connectivity index (χ4v) is 3.97. The normalized spacial score (nSPS) is 22.5. The number of carbonyl (C=O) groups is 2. The molecule has 4 rings (SSSR count). The molecule has 5 heteroatoms. The topological polar surface area (TPSA) is 62.3 Å². The quantitative estimate of drug-likeness (QED) is 0.880. The van der Waals surface area contributed by atoms with E-state index >= 15 is 0 Å². The van der Waals surface area contributed by atoms with Gasteiger partial charge in [-0.05, 0) is 43.2 Å². The van der Waals surface area contributed by atoms with E-state index in [1.165, 1.54) is 0 Å². The van der Waals surface area contributed by atoms with Crippen LogP contribution >= 0.6 is 0 Å². The van der Waals surface area contributed by atoms with Gasteiger partial charge in [-0.1, -0.05) is 39.0 Å². The van der Waals surface area contributed by atoms with Crippen molar-refractivity contribution in [3.8, 4) is 0 Å². The Kier molecular flexibility index (Phi) is 5.09. The summed E-state index contributed by atoms with van der Waals surface area (Å²) in [6.45, 7) is 7.75. The second-order valence-electron chi connectivity index (χ2n) is 8.67. The highest BCUT2D eigenvalue weighted by Gasteiger charge is 2.37. The van der Waals surface area contributed by atoms with Gasteiger partial charge >= 0.3 is 0 Å². The van der Waals surface area contributed by atoms with Crippen molar-refractivity contribution in [3.05, 3.63) is 41.6 Å². The van der Waals surface area contributed by atoms with Crippen LogP contribution in [0.2, 0.25) is 0 Å².